The number of para-hydroxylation sites is 3. The average Bonchev–Trinajstić information content (AvgIpc) is 3.38. The van der Waals surface area contributed by atoms with Gasteiger partial charge in [0.1, 0.15) is 0 Å². The first-order valence-corrected chi connectivity index (χ1v) is 13.7. The van der Waals surface area contributed by atoms with Gasteiger partial charge in [-0.25, -0.2) is 0 Å². The standard InChI is InChI=1S/C33H28N2.C3H6.C2H4/c1-3-11-23-18-19-29-27(20-21-28-26-15-8-10-17-31(26)35-33(28)29)32(23)22(2)25-14-7-9-16-30(25)34-24-12-5-4-6-13-24;1-3-2;1-2/h3-17,20-21,34-35H,2,18-19H2,1H3;3H,1H2,2H3;1-2H2/b11-3-;;. The van der Waals surface area contributed by atoms with E-state index in [0.29, 0.717) is 0 Å². The first-order valence-electron chi connectivity index (χ1n) is 13.7. The van der Waals surface area contributed by atoms with Crippen molar-refractivity contribution in [2.24, 2.45) is 0 Å². The van der Waals surface area contributed by atoms with Crippen molar-refractivity contribution in [1.29, 1.82) is 0 Å². The number of benzene rings is 4. The first-order chi connectivity index (χ1) is 19.7. The van der Waals surface area contributed by atoms with E-state index >= 15 is 0 Å². The molecule has 0 spiro atoms. The lowest BCUT2D eigenvalue weighted by Crippen LogP contribution is -2.07. The Kier molecular flexibility index (Phi) is 9.38. The van der Waals surface area contributed by atoms with Crippen LogP contribution in [0, 0.1) is 0 Å². The molecular weight excluding hydrogens is 484 g/mol. The summed E-state index contributed by atoms with van der Waals surface area (Å²) < 4.78 is 0. The molecule has 0 amide bonds. The van der Waals surface area contributed by atoms with Crippen LogP contribution in [0.2, 0.25) is 0 Å². The lowest BCUT2D eigenvalue weighted by Gasteiger charge is -2.26. The van der Waals surface area contributed by atoms with Gasteiger partial charge in [0.2, 0.25) is 0 Å². The molecule has 5 aromatic rings. The number of hydrogen-bond acceptors (Lipinski definition) is 1. The van der Waals surface area contributed by atoms with E-state index in [1.165, 1.54) is 44.1 Å². The molecule has 0 saturated heterocycles. The van der Waals surface area contributed by atoms with Crippen molar-refractivity contribution in [3.63, 3.8) is 0 Å². The first kappa shape index (κ1) is 28.2. The van der Waals surface area contributed by atoms with Gasteiger partial charge in [-0.15, -0.1) is 19.7 Å². The molecule has 4 aromatic carbocycles. The summed E-state index contributed by atoms with van der Waals surface area (Å²) in [5, 5.41) is 6.18. The third-order valence-electron chi connectivity index (χ3n) is 7.00. The maximum absolute atomic E-state index is 4.66. The molecule has 200 valence electrons. The Morgan fingerprint density at radius 3 is 2.23 bits per heavy atom. The maximum atomic E-state index is 4.66. The second-order valence-electron chi connectivity index (χ2n) is 9.51. The topological polar surface area (TPSA) is 27.8 Å². The summed E-state index contributed by atoms with van der Waals surface area (Å²) in [4.78, 5) is 3.71. The van der Waals surface area contributed by atoms with Crippen LogP contribution in [0.3, 0.4) is 0 Å². The summed E-state index contributed by atoms with van der Waals surface area (Å²) in [7, 11) is 0. The Morgan fingerprint density at radius 2 is 1.48 bits per heavy atom. The molecule has 0 fully saturated rings. The number of aromatic amines is 1. The second kappa shape index (κ2) is 13.3. The van der Waals surface area contributed by atoms with Crippen LogP contribution >= 0.6 is 0 Å². The van der Waals surface area contributed by atoms with E-state index in [-0.39, 0.29) is 0 Å². The Bertz CT molecular complexity index is 1700. The summed E-state index contributed by atoms with van der Waals surface area (Å²) in [5.41, 5.74) is 12.0. The van der Waals surface area contributed by atoms with Crippen LogP contribution in [-0.4, -0.2) is 4.98 Å². The van der Waals surface area contributed by atoms with E-state index in [0.717, 1.165) is 35.4 Å². The highest BCUT2D eigenvalue weighted by atomic mass is 14.9. The number of aryl methyl sites for hydroxylation is 1. The van der Waals surface area contributed by atoms with Gasteiger partial charge < -0.3 is 10.3 Å². The number of anilines is 2. The Labute approximate surface area is 238 Å². The normalized spacial score (nSPS) is 12.2. The predicted molar refractivity (Wildman–Crippen MR) is 178 cm³/mol. The summed E-state index contributed by atoms with van der Waals surface area (Å²) in [6.45, 7) is 18.0. The number of allylic oxidation sites excluding steroid dienone is 6. The van der Waals surface area contributed by atoms with E-state index in [2.05, 4.69) is 141 Å². The maximum Gasteiger partial charge on any atom is 0.0503 e. The molecule has 40 heavy (non-hydrogen) atoms. The summed E-state index contributed by atoms with van der Waals surface area (Å²) in [6, 6.07) is 31.9. The van der Waals surface area contributed by atoms with E-state index in [9.17, 15) is 0 Å². The minimum absolute atomic E-state index is 0.994. The molecule has 1 aliphatic rings. The molecular formula is C38H38N2. The lowest BCUT2D eigenvalue weighted by atomic mass is 9.79. The lowest BCUT2D eigenvalue weighted by molar-refractivity contribution is 0.951. The number of aromatic nitrogens is 1. The fraction of sp³-hybridized carbons (Fsp3) is 0.105. The van der Waals surface area contributed by atoms with Crippen molar-refractivity contribution < 1.29 is 0 Å². The molecule has 0 bridgehead atoms. The molecule has 2 N–H and O–H groups in total. The number of nitrogens with one attached hydrogen (secondary N) is 2. The summed E-state index contributed by atoms with van der Waals surface area (Å²) >= 11 is 0. The molecule has 6 rings (SSSR count). The van der Waals surface area contributed by atoms with Crippen molar-refractivity contribution in [3.05, 3.63) is 158 Å². The van der Waals surface area contributed by atoms with Crippen molar-refractivity contribution >= 4 is 44.3 Å². The van der Waals surface area contributed by atoms with Crippen LogP contribution in [0.15, 0.2) is 141 Å². The zero-order valence-corrected chi connectivity index (χ0v) is 23.6. The molecule has 2 heteroatoms. The van der Waals surface area contributed by atoms with Crippen molar-refractivity contribution in [1.82, 2.24) is 4.98 Å². The Hall–Kier alpha value is -4.82. The molecule has 0 saturated carbocycles. The number of rotatable bonds is 5. The third-order valence-corrected chi connectivity index (χ3v) is 7.00. The quantitative estimate of drug-likeness (QED) is 0.221. The van der Waals surface area contributed by atoms with Gasteiger partial charge in [-0.2, -0.15) is 0 Å². The smallest absolute Gasteiger partial charge is 0.0503 e. The van der Waals surface area contributed by atoms with Gasteiger partial charge in [-0.3, -0.25) is 0 Å². The third kappa shape index (κ3) is 5.62. The number of fused-ring (bicyclic) bond motifs is 5. The zero-order valence-electron chi connectivity index (χ0n) is 23.6. The number of H-pyrrole nitrogens is 1. The minimum atomic E-state index is 0.994. The molecule has 1 aromatic heterocycles. The second-order valence-corrected chi connectivity index (χ2v) is 9.51. The monoisotopic (exact) mass is 522 g/mol. The molecule has 0 atom stereocenters. The number of hydrogen-bond donors (Lipinski definition) is 2. The van der Waals surface area contributed by atoms with Gasteiger partial charge >= 0.3 is 0 Å². The zero-order chi connectivity index (χ0) is 28.5. The van der Waals surface area contributed by atoms with Crippen LogP contribution in [-0.2, 0) is 6.42 Å². The SMILES string of the molecule is C=C.C=C(C1=C(/C=C\C)CCc2c1ccc1c2[nH]c2ccccc21)c1ccccc1Nc1ccccc1.C=CC. The van der Waals surface area contributed by atoms with Gasteiger partial charge in [-0.1, -0.05) is 91.5 Å². The van der Waals surface area contributed by atoms with Crippen molar-refractivity contribution in [2.75, 3.05) is 5.32 Å². The largest absolute Gasteiger partial charge is 0.355 e. The molecule has 0 unspecified atom stereocenters. The van der Waals surface area contributed by atoms with Gasteiger partial charge in [-0.05, 0) is 78.8 Å². The highest BCUT2D eigenvalue weighted by molar-refractivity contribution is 6.14. The van der Waals surface area contributed by atoms with Crippen LogP contribution in [0.4, 0.5) is 11.4 Å². The van der Waals surface area contributed by atoms with E-state index in [4.69, 9.17) is 0 Å². The fourth-order valence-electron chi connectivity index (χ4n) is 5.42. The molecule has 0 aliphatic heterocycles. The molecule has 2 nitrogen and oxygen atoms in total. The highest BCUT2D eigenvalue weighted by Gasteiger charge is 2.24. The molecule has 1 heterocycles. The van der Waals surface area contributed by atoms with E-state index in [1.807, 2.05) is 13.0 Å². The van der Waals surface area contributed by atoms with Crippen molar-refractivity contribution in [2.45, 2.75) is 26.7 Å². The van der Waals surface area contributed by atoms with Crippen molar-refractivity contribution in [3.8, 4) is 0 Å². The highest BCUT2D eigenvalue weighted by Crippen LogP contribution is 2.44. The molecule has 1 aliphatic carbocycles. The van der Waals surface area contributed by atoms with Gasteiger partial charge in [0, 0.05) is 33.2 Å². The summed E-state index contributed by atoms with van der Waals surface area (Å²) in [6.07, 6.45) is 8.16. The Morgan fingerprint density at radius 1 is 0.800 bits per heavy atom. The van der Waals surface area contributed by atoms with E-state index in [1.54, 1.807) is 6.08 Å². The van der Waals surface area contributed by atoms with E-state index < -0.39 is 0 Å². The fourth-order valence-corrected chi connectivity index (χ4v) is 5.42. The predicted octanol–water partition coefficient (Wildman–Crippen LogP) is 11.0. The van der Waals surface area contributed by atoms with Crippen LogP contribution in [0.25, 0.3) is 33.0 Å². The van der Waals surface area contributed by atoms with Crippen LogP contribution < -0.4 is 5.32 Å². The summed E-state index contributed by atoms with van der Waals surface area (Å²) in [5.74, 6) is 0. The van der Waals surface area contributed by atoms with Gasteiger partial charge in [0.15, 0.2) is 0 Å². The van der Waals surface area contributed by atoms with Crippen LogP contribution in [0.1, 0.15) is 37.0 Å². The Balaban J connectivity index is 0.000000695. The average molecular weight is 523 g/mol. The minimum Gasteiger partial charge on any atom is -0.355 e. The van der Waals surface area contributed by atoms with Crippen LogP contribution in [0.5, 0.6) is 0 Å². The molecule has 0 radical (unpaired) electrons. The van der Waals surface area contributed by atoms with Gasteiger partial charge in [0.25, 0.3) is 0 Å². The van der Waals surface area contributed by atoms with Gasteiger partial charge in [0.05, 0.1) is 5.52 Å².